The van der Waals surface area contributed by atoms with Crippen LogP contribution in [0.4, 0.5) is 4.79 Å². The average Bonchev–Trinajstić information content (AvgIpc) is 2.14. The molecule has 1 atom stereocenters. The van der Waals surface area contributed by atoms with E-state index in [1.165, 1.54) is 7.05 Å². The number of hydrogen-bond donors (Lipinski definition) is 2. The van der Waals surface area contributed by atoms with E-state index in [0.29, 0.717) is 6.54 Å². The molecule has 3 amide bonds. The molecule has 1 unspecified atom stereocenters. The third-order valence-electron chi connectivity index (χ3n) is 1.80. The van der Waals surface area contributed by atoms with E-state index in [4.69, 9.17) is 0 Å². The molecule has 2 N–H and O–H groups in total. The molecule has 5 heteroatoms. The average molecular weight is 187 g/mol. The van der Waals surface area contributed by atoms with Gasteiger partial charge in [0.05, 0.1) is 0 Å². The molecule has 13 heavy (non-hydrogen) atoms. The van der Waals surface area contributed by atoms with Crippen molar-refractivity contribution in [2.24, 2.45) is 0 Å². The number of amides is 3. The van der Waals surface area contributed by atoms with Crippen molar-refractivity contribution in [1.82, 2.24) is 15.5 Å². The summed E-state index contributed by atoms with van der Waals surface area (Å²) in [5.74, 6) is -0.0916. The summed E-state index contributed by atoms with van der Waals surface area (Å²) < 4.78 is 0. The molecular formula is C8H17N3O2. The van der Waals surface area contributed by atoms with Crippen molar-refractivity contribution in [2.75, 3.05) is 20.6 Å². The van der Waals surface area contributed by atoms with Crippen LogP contribution in [0.1, 0.15) is 13.8 Å². The van der Waals surface area contributed by atoms with Crippen LogP contribution >= 0.6 is 0 Å². The van der Waals surface area contributed by atoms with Crippen molar-refractivity contribution in [3.63, 3.8) is 0 Å². The summed E-state index contributed by atoms with van der Waals surface area (Å²) in [7, 11) is 3.21. The van der Waals surface area contributed by atoms with Crippen LogP contribution in [0, 0.1) is 0 Å². The summed E-state index contributed by atoms with van der Waals surface area (Å²) in [6, 6.07) is -0.824. The van der Waals surface area contributed by atoms with E-state index in [0.717, 1.165) is 0 Å². The molecule has 0 fully saturated rings. The Morgan fingerprint density at radius 2 is 2.00 bits per heavy atom. The van der Waals surface area contributed by atoms with Gasteiger partial charge in [-0.1, -0.05) is 0 Å². The van der Waals surface area contributed by atoms with Gasteiger partial charge in [0.1, 0.15) is 6.04 Å². The molecule has 0 aromatic heterocycles. The normalized spacial score (nSPS) is 11.7. The zero-order valence-electron chi connectivity index (χ0n) is 8.55. The van der Waals surface area contributed by atoms with Gasteiger partial charge in [-0.05, 0) is 13.8 Å². The maximum atomic E-state index is 11.4. The van der Waals surface area contributed by atoms with E-state index in [1.54, 1.807) is 18.9 Å². The molecule has 0 aromatic rings. The highest BCUT2D eigenvalue weighted by molar-refractivity contribution is 5.86. The lowest BCUT2D eigenvalue weighted by Crippen LogP contribution is -2.48. The predicted octanol–water partition coefficient (Wildman–Crippen LogP) is -0.218. The SMILES string of the molecule is CCN(C)C(=O)C(C)NC(=O)NC. The summed E-state index contributed by atoms with van der Waals surface area (Å²) in [4.78, 5) is 23.8. The highest BCUT2D eigenvalue weighted by Gasteiger charge is 2.17. The highest BCUT2D eigenvalue weighted by Crippen LogP contribution is 1.90. The number of hydrogen-bond acceptors (Lipinski definition) is 2. The van der Waals surface area contributed by atoms with Gasteiger partial charge in [-0.3, -0.25) is 4.79 Å². The molecule has 0 aromatic carbocycles. The number of carbonyl (C=O) groups excluding carboxylic acids is 2. The number of likely N-dealkylation sites (N-methyl/N-ethyl adjacent to an activating group) is 1. The van der Waals surface area contributed by atoms with E-state index < -0.39 is 6.04 Å². The van der Waals surface area contributed by atoms with Crippen molar-refractivity contribution in [3.8, 4) is 0 Å². The Bertz CT molecular complexity index is 194. The van der Waals surface area contributed by atoms with Gasteiger partial charge in [0.25, 0.3) is 0 Å². The Morgan fingerprint density at radius 3 is 2.38 bits per heavy atom. The van der Waals surface area contributed by atoms with Crippen LogP contribution in [0.2, 0.25) is 0 Å². The third kappa shape index (κ3) is 3.78. The Balaban J connectivity index is 4.03. The van der Waals surface area contributed by atoms with Crippen molar-refractivity contribution >= 4 is 11.9 Å². The number of urea groups is 1. The molecule has 0 heterocycles. The Morgan fingerprint density at radius 1 is 1.46 bits per heavy atom. The fourth-order valence-corrected chi connectivity index (χ4v) is 0.817. The van der Waals surface area contributed by atoms with Gasteiger partial charge in [0.15, 0.2) is 0 Å². The lowest BCUT2D eigenvalue weighted by Gasteiger charge is -2.20. The smallest absolute Gasteiger partial charge is 0.315 e. The van der Waals surface area contributed by atoms with E-state index in [1.807, 2.05) is 6.92 Å². The summed E-state index contributed by atoms with van der Waals surface area (Å²) in [6.07, 6.45) is 0. The van der Waals surface area contributed by atoms with Crippen LogP contribution in [0.3, 0.4) is 0 Å². The molecule has 0 bridgehead atoms. The lowest BCUT2D eigenvalue weighted by molar-refractivity contribution is -0.131. The summed E-state index contributed by atoms with van der Waals surface area (Å²) in [6.45, 7) is 4.17. The molecule has 0 radical (unpaired) electrons. The van der Waals surface area contributed by atoms with Crippen LogP contribution in [-0.2, 0) is 4.79 Å². The quantitative estimate of drug-likeness (QED) is 0.641. The van der Waals surface area contributed by atoms with Gasteiger partial charge in [-0.2, -0.15) is 0 Å². The van der Waals surface area contributed by atoms with Gasteiger partial charge in [-0.15, -0.1) is 0 Å². The fraction of sp³-hybridized carbons (Fsp3) is 0.750. The van der Waals surface area contributed by atoms with Crippen LogP contribution in [0.25, 0.3) is 0 Å². The molecule has 0 saturated heterocycles. The molecule has 0 aliphatic heterocycles. The third-order valence-corrected chi connectivity index (χ3v) is 1.80. The van der Waals surface area contributed by atoms with E-state index >= 15 is 0 Å². The minimum absolute atomic E-state index is 0.0916. The molecule has 0 aliphatic rings. The largest absolute Gasteiger partial charge is 0.344 e. The Kier molecular flexibility index (Phi) is 4.87. The van der Waals surface area contributed by atoms with Crippen LogP contribution in [0.15, 0.2) is 0 Å². The monoisotopic (exact) mass is 187 g/mol. The van der Waals surface area contributed by atoms with Crippen molar-refractivity contribution < 1.29 is 9.59 Å². The van der Waals surface area contributed by atoms with Gasteiger partial charge < -0.3 is 15.5 Å². The maximum Gasteiger partial charge on any atom is 0.315 e. The summed E-state index contributed by atoms with van der Waals surface area (Å²) in [5, 5.41) is 4.89. The van der Waals surface area contributed by atoms with Crippen molar-refractivity contribution in [1.29, 1.82) is 0 Å². The van der Waals surface area contributed by atoms with E-state index in [-0.39, 0.29) is 11.9 Å². The first-order valence-corrected chi connectivity index (χ1v) is 4.26. The molecule has 76 valence electrons. The first-order valence-electron chi connectivity index (χ1n) is 4.26. The minimum atomic E-state index is -0.482. The van der Waals surface area contributed by atoms with E-state index in [9.17, 15) is 9.59 Å². The summed E-state index contributed by atoms with van der Waals surface area (Å²) in [5.41, 5.74) is 0. The fourth-order valence-electron chi connectivity index (χ4n) is 0.817. The van der Waals surface area contributed by atoms with Crippen LogP contribution < -0.4 is 10.6 Å². The van der Waals surface area contributed by atoms with Gasteiger partial charge in [0.2, 0.25) is 5.91 Å². The number of carbonyl (C=O) groups is 2. The molecule has 5 nitrogen and oxygen atoms in total. The van der Waals surface area contributed by atoms with Crippen LogP contribution in [-0.4, -0.2) is 43.5 Å². The second kappa shape index (κ2) is 5.40. The molecule has 0 aliphatic carbocycles. The molecule has 0 rings (SSSR count). The first-order chi connectivity index (χ1) is 6.02. The number of rotatable bonds is 3. The lowest BCUT2D eigenvalue weighted by atomic mass is 10.3. The molecular weight excluding hydrogens is 170 g/mol. The second-order valence-electron chi connectivity index (χ2n) is 2.80. The van der Waals surface area contributed by atoms with Gasteiger partial charge in [0, 0.05) is 20.6 Å². The van der Waals surface area contributed by atoms with Gasteiger partial charge in [-0.25, -0.2) is 4.79 Å². The minimum Gasteiger partial charge on any atom is -0.344 e. The molecule has 0 saturated carbocycles. The second-order valence-corrected chi connectivity index (χ2v) is 2.80. The predicted molar refractivity (Wildman–Crippen MR) is 50.4 cm³/mol. The standard InChI is InChI=1S/C8H17N3O2/c1-5-11(4)7(12)6(2)10-8(13)9-3/h6H,5H2,1-4H3,(H2,9,10,13). The van der Waals surface area contributed by atoms with Crippen LogP contribution in [0.5, 0.6) is 0 Å². The molecule has 0 spiro atoms. The van der Waals surface area contributed by atoms with Crippen molar-refractivity contribution in [2.45, 2.75) is 19.9 Å². The first kappa shape index (κ1) is 11.7. The number of nitrogens with one attached hydrogen (secondary N) is 2. The zero-order chi connectivity index (χ0) is 10.4. The van der Waals surface area contributed by atoms with E-state index in [2.05, 4.69) is 10.6 Å². The maximum absolute atomic E-state index is 11.4. The topological polar surface area (TPSA) is 61.4 Å². The number of nitrogens with zero attached hydrogens (tertiary/aromatic N) is 1. The Labute approximate surface area is 78.5 Å². The van der Waals surface area contributed by atoms with Gasteiger partial charge >= 0.3 is 6.03 Å². The zero-order valence-corrected chi connectivity index (χ0v) is 8.55. The Hall–Kier alpha value is -1.26. The van der Waals surface area contributed by atoms with Crippen molar-refractivity contribution in [3.05, 3.63) is 0 Å². The summed E-state index contributed by atoms with van der Waals surface area (Å²) >= 11 is 0. The highest BCUT2D eigenvalue weighted by atomic mass is 16.2.